The third kappa shape index (κ3) is 4.06. The molecular weight excluding hydrogens is 382 g/mol. The Labute approximate surface area is 155 Å². The van der Waals surface area contributed by atoms with Crippen molar-refractivity contribution < 1.29 is 18.1 Å². The number of nitrogens with zero attached hydrogens (tertiary/aromatic N) is 2. The van der Waals surface area contributed by atoms with Crippen molar-refractivity contribution in [3.05, 3.63) is 57.6 Å². The van der Waals surface area contributed by atoms with Gasteiger partial charge in [-0.15, -0.1) is 0 Å². The number of hydrogen-bond donors (Lipinski definition) is 1. The predicted molar refractivity (Wildman–Crippen MR) is 98.4 cm³/mol. The summed E-state index contributed by atoms with van der Waals surface area (Å²) < 4.78 is 33.2. The largest absolute Gasteiger partial charge is 0.378 e. The molecule has 1 aliphatic rings. The molecule has 0 aromatic heterocycles. The second kappa shape index (κ2) is 7.48. The van der Waals surface area contributed by atoms with E-state index in [2.05, 4.69) is 4.72 Å². The van der Waals surface area contributed by atoms with Crippen molar-refractivity contribution in [2.45, 2.75) is 4.90 Å². The van der Waals surface area contributed by atoms with Crippen LogP contribution >= 0.6 is 11.6 Å². The van der Waals surface area contributed by atoms with Crippen LogP contribution in [0.1, 0.15) is 0 Å². The number of non-ortho nitro benzene ring substituents is 1. The topological polar surface area (TPSA) is 102 Å². The first-order valence-electron chi connectivity index (χ1n) is 7.76. The quantitative estimate of drug-likeness (QED) is 0.614. The zero-order valence-electron chi connectivity index (χ0n) is 13.6. The minimum atomic E-state index is -3.92. The van der Waals surface area contributed by atoms with Crippen molar-refractivity contribution in [1.29, 1.82) is 0 Å². The van der Waals surface area contributed by atoms with E-state index in [4.69, 9.17) is 16.3 Å². The molecule has 1 heterocycles. The van der Waals surface area contributed by atoms with Gasteiger partial charge in [0.1, 0.15) is 0 Å². The summed E-state index contributed by atoms with van der Waals surface area (Å²) in [4.78, 5) is 12.1. The van der Waals surface area contributed by atoms with Crippen molar-refractivity contribution in [2.24, 2.45) is 0 Å². The van der Waals surface area contributed by atoms with Gasteiger partial charge in [-0.05, 0) is 30.3 Å². The van der Waals surface area contributed by atoms with Gasteiger partial charge in [0.05, 0.1) is 34.4 Å². The number of morpholine rings is 1. The molecule has 0 bridgehead atoms. The smallest absolute Gasteiger partial charge is 0.269 e. The number of halogens is 1. The maximum atomic E-state index is 12.7. The van der Waals surface area contributed by atoms with Crippen LogP contribution < -0.4 is 9.62 Å². The van der Waals surface area contributed by atoms with Gasteiger partial charge in [-0.25, -0.2) is 8.42 Å². The molecule has 10 heteroatoms. The fraction of sp³-hybridized carbons (Fsp3) is 0.250. The monoisotopic (exact) mass is 397 g/mol. The Kier molecular flexibility index (Phi) is 5.30. The zero-order valence-corrected chi connectivity index (χ0v) is 15.2. The van der Waals surface area contributed by atoms with E-state index in [0.29, 0.717) is 42.7 Å². The van der Waals surface area contributed by atoms with Gasteiger partial charge in [0, 0.05) is 30.2 Å². The first-order chi connectivity index (χ1) is 12.4. The molecule has 0 unspecified atom stereocenters. The summed E-state index contributed by atoms with van der Waals surface area (Å²) in [5.74, 6) is 0. The van der Waals surface area contributed by atoms with E-state index in [-0.39, 0.29) is 10.6 Å². The van der Waals surface area contributed by atoms with Crippen LogP contribution in [0.25, 0.3) is 0 Å². The summed E-state index contributed by atoms with van der Waals surface area (Å²) in [5, 5.41) is 11.1. The molecule has 1 fully saturated rings. The van der Waals surface area contributed by atoms with Crippen molar-refractivity contribution in [1.82, 2.24) is 0 Å². The van der Waals surface area contributed by atoms with Crippen LogP contribution in [0.4, 0.5) is 17.1 Å². The lowest BCUT2D eigenvalue weighted by Gasteiger charge is -2.30. The number of sulfonamides is 1. The third-order valence-corrected chi connectivity index (χ3v) is 5.53. The number of ether oxygens (including phenoxy) is 1. The lowest BCUT2D eigenvalue weighted by Crippen LogP contribution is -2.36. The fourth-order valence-electron chi connectivity index (χ4n) is 2.62. The molecule has 138 valence electrons. The van der Waals surface area contributed by atoms with Gasteiger partial charge in [-0.2, -0.15) is 0 Å². The lowest BCUT2D eigenvalue weighted by atomic mass is 10.2. The van der Waals surface area contributed by atoms with Crippen molar-refractivity contribution in [3.8, 4) is 0 Å². The number of benzene rings is 2. The summed E-state index contributed by atoms with van der Waals surface area (Å²) in [6.45, 7) is 2.37. The van der Waals surface area contributed by atoms with Crippen molar-refractivity contribution in [2.75, 3.05) is 35.9 Å². The SMILES string of the molecule is O=[N+]([O-])c1ccc(S(=O)(=O)Nc2cc(Cl)ccc2N2CCOCC2)cc1. The second-order valence-electron chi connectivity index (χ2n) is 5.62. The van der Waals surface area contributed by atoms with E-state index in [0.717, 1.165) is 12.1 Å². The van der Waals surface area contributed by atoms with E-state index in [1.807, 2.05) is 4.90 Å². The average Bonchev–Trinajstić information content (AvgIpc) is 2.62. The van der Waals surface area contributed by atoms with E-state index >= 15 is 0 Å². The Balaban J connectivity index is 1.91. The minimum absolute atomic E-state index is 0.0731. The molecule has 1 N–H and O–H groups in total. The minimum Gasteiger partial charge on any atom is -0.378 e. The lowest BCUT2D eigenvalue weighted by molar-refractivity contribution is -0.384. The second-order valence-corrected chi connectivity index (χ2v) is 7.74. The van der Waals surface area contributed by atoms with Gasteiger partial charge in [0.15, 0.2) is 0 Å². The highest BCUT2D eigenvalue weighted by atomic mass is 35.5. The Hall–Kier alpha value is -2.36. The van der Waals surface area contributed by atoms with Gasteiger partial charge in [-0.3, -0.25) is 14.8 Å². The Morgan fingerprint density at radius 3 is 2.38 bits per heavy atom. The summed E-state index contributed by atoms with van der Waals surface area (Å²) in [5.41, 5.74) is 0.863. The van der Waals surface area contributed by atoms with Crippen molar-refractivity contribution >= 4 is 38.7 Å². The Bertz CT molecular complexity index is 912. The fourth-order valence-corrected chi connectivity index (χ4v) is 3.86. The summed E-state index contributed by atoms with van der Waals surface area (Å²) in [6.07, 6.45) is 0. The highest BCUT2D eigenvalue weighted by molar-refractivity contribution is 7.92. The molecule has 0 saturated carbocycles. The third-order valence-electron chi connectivity index (χ3n) is 3.91. The van der Waals surface area contributed by atoms with E-state index < -0.39 is 14.9 Å². The van der Waals surface area contributed by atoms with Crippen LogP contribution in [0.3, 0.4) is 0 Å². The van der Waals surface area contributed by atoms with Crippen LogP contribution in [-0.2, 0) is 14.8 Å². The Morgan fingerprint density at radius 1 is 1.12 bits per heavy atom. The van der Waals surface area contributed by atoms with Crippen LogP contribution in [0.2, 0.25) is 5.02 Å². The van der Waals surface area contributed by atoms with Gasteiger partial charge in [0.25, 0.3) is 15.7 Å². The molecule has 0 aliphatic carbocycles. The highest BCUT2D eigenvalue weighted by Gasteiger charge is 2.21. The summed E-state index contributed by atoms with van der Waals surface area (Å²) in [6, 6.07) is 9.66. The highest BCUT2D eigenvalue weighted by Crippen LogP contribution is 2.32. The molecule has 2 aromatic carbocycles. The molecule has 0 spiro atoms. The van der Waals surface area contributed by atoms with E-state index in [9.17, 15) is 18.5 Å². The van der Waals surface area contributed by atoms with E-state index in [1.165, 1.54) is 18.2 Å². The Morgan fingerprint density at radius 2 is 1.77 bits per heavy atom. The molecule has 0 atom stereocenters. The molecular formula is C16H16ClN3O5S. The number of nitrogens with one attached hydrogen (secondary N) is 1. The van der Waals surface area contributed by atoms with Crippen LogP contribution in [-0.4, -0.2) is 39.6 Å². The zero-order chi connectivity index (χ0) is 18.7. The van der Waals surface area contributed by atoms with Gasteiger partial charge in [0.2, 0.25) is 0 Å². The summed E-state index contributed by atoms with van der Waals surface area (Å²) in [7, 11) is -3.92. The summed E-state index contributed by atoms with van der Waals surface area (Å²) >= 11 is 6.03. The van der Waals surface area contributed by atoms with Crippen LogP contribution in [0.15, 0.2) is 47.4 Å². The maximum absolute atomic E-state index is 12.7. The van der Waals surface area contributed by atoms with E-state index in [1.54, 1.807) is 12.1 Å². The van der Waals surface area contributed by atoms with Gasteiger partial charge < -0.3 is 9.64 Å². The molecule has 3 rings (SSSR count). The van der Waals surface area contributed by atoms with Gasteiger partial charge in [-0.1, -0.05) is 11.6 Å². The molecule has 2 aromatic rings. The first-order valence-corrected chi connectivity index (χ1v) is 9.62. The maximum Gasteiger partial charge on any atom is 0.269 e. The number of nitro benzene ring substituents is 1. The molecule has 0 radical (unpaired) electrons. The molecule has 8 nitrogen and oxygen atoms in total. The number of nitro groups is 1. The molecule has 0 amide bonds. The van der Waals surface area contributed by atoms with Crippen LogP contribution in [0, 0.1) is 10.1 Å². The van der Waals surface area contributed by atoms with Crippen LogP contribution in [0.5, 0.6) is 0 Å². The molecule has 1 saturated heterocycles. The average molecular weight is 398 g/mol. The van der Waals surface area contributed by atoms with Gasteiger partial charge >= 0.3 is 0 Å². The van der Waals surface area contributed by atoms with Crippen molar-refractivity contribution in [3.63, 3.8) is 0 Å². The number of rotatable bonds is 5. The molecule has 26 heavy (non-hydrogen) atoms. The first kappa shape index (κ1) is 18.4. The predicted octanol–water partition coefficient (Wildman–Crippen LogP) is 2.89. The molecule has 1 aliphatic heterocycles. The number of hydrogen-bond acceptors (Lipinski definition) is 6. The standard InChI is InChI=1S/C16H16ClN3O5S/c17-12-1-6-16(19-7-9-25-10-8-19)15(11-12)18-26(23,24)14-4-2-13(3-5-14)20(21)22/h1-6,11,18H,7-10H2. The normalized spacial score (nSPS) is 14.9. The number of anilines is 2.